The van der Waals surface area contributed by atoms with Crippen LogP contribution >= 0.6 is 0 Å². The zero-order chi connectivity index (χ0) is 28.1. The van der Waals surface area contributed by atoms with Crippen molar-refractivity contribution in [3.63, 3.8) is 0 Å². The molecular weight excluding hydrogens is 480 g/mol. The first-order valence-electron chi connectivity index (χ1n) is 10.7. The van der Waals surface area contributed by atoms with Crippen LogP contribution in [0.4, 0.5) is 5.69 Å². The van der Waals surface area contributed by atoms with E-state index in [9.17, 15) is 0 Å². The van der Waals surface area contributed by atoms with Crippen molar-refractivity contribution in [1.29, 1.82) is 0 Å². The highest BCUT2D eigenvalue weighted by atomic mass is 16.4. The summed E-state index contributed by atoms with van der Waals surface area (Å²) in [5.41, 5.74) is 7.37. The van der Waals surface area contributed by atoms with Crippen molar-refractivity contribution in [2.75, 3.05) is 33.1 Å². The molecule has 10 heteroatoms. The van der Waals surface area contributed by atoms with E-state index >= 15 is 0 Å². The number of benzene rings is 2. The van der Waals surface area contributed by atoms with Gasteiger partial charge in [-0.15, -0.1) is 0 Å². The Morgan fingerprint density at radius 3 is 1.38 bits per heavy atom. The van der Waals surface area contributed by atoms with Crippen LogP contribution in [0.25, 0.3) is 5.57 Å². The Bertz CT molecular complexity index is 1190. The van der Waals surface area contributed by atoms with Gasteiger partial charge < -0.3 is 44.5 Å². The molecule has 10 nitrogen and oxygen atoms in total. The molecule has 0 saturated heterocycles. The molecule has 0 radical (unpaired) electrons. The lowest BCUT2D eigenvalue weighted by molar-refractivity contribution is -0.462. The first kappa shape index (κ1) is 30.0. The second-order valence-corrected chi connectivity index (χ2v) is 7.77. The molecule has 1 aliphatic carbocycles. The van der Waals surface area contributed by atoms with Crippen molar-refractivity contribution >= 4 is 40.8 Å². The standard InChI is InChI=1S/C23H25N2.2C2H2O4/c1-24(2)21-14-10-19(11-15-21)23(18-8-6-5-7-9-18)20-12-16-22(17-13-20)25(3)4;2*3-1(4)2(5)6/h5-17H,1-4H3;2*(H,3,4)(H,5,6)/q+1;;/p-4. The second-order valence-electron chi connectivity index (χ2n) is 7.77. The number of nitrogens with zero attached hydrogens (tertiary/aromatic N) is 2. The molecule has 1 aliphatic rings. The van der Waals surface area contributed by atoms with Crippen LogP contribution in [0.15, 0.2) is 84.5 Å². The molecule has 2 aromatic carbocycles. The lowest BCUT2D eigenvalue weighted by Crippen LogP contribution is -2.42. The molecule has 0 unspecified atom stereocenters. The van der Waals surface area contributed by atoms with Gasteiger partial charge >= 0.3 is 0 Å². The van der Waals surface area contributed by atoms with Gasteiger partial charge in [-0.1, -0.05) is 42.5 Å². The first-order chi connectivity index (χ1) is 17.3. The molecule has 0 heterocycles. The Morgan fingerprint density at radius 2 is 1.03 bits per heavy atom. The van der Waals surface area contributed by atoms with E-state index in [2.05, 4.69) is 117 Å². The van der Waals surface area contributed by atoms with Crippen LogP contribution in [0.2, 0.25) is 0 Å². The highest BCUT2D eigenvalue weighted by Gasteiger charge is 2.13. The second kappa shape index (κ2) is 14.4. The number of carbonyl (C=O) groups excluding carboxylic acids is 4. The first-order valence-corrected chi connectivity index (χ1v) is 10.7. The molecule has 0 saturated carbocycles. The monoisotopic (exact) mass is 505 g/mol. The zero-order valence-corrected chi connectivity index (χ0v) is 20.7. The van der Waals surface area contributed by atoms with Gasteiger partial charge in [-0.05, 0) is 46.6 Å². The van der Waals surface area contributed by atoms with E-state index in [1.807, 2.05) is 0 Å². The van der Waals surface area contributed by atoms with Crippen molar-refractivity contribution in [3.05, 3.63) is 95.6 Å². The van der Waals surface area contributed by atoms with E-state index in [-0.39, 0.29) is 0 Å². The van der Waals surface area contributed by atoms with Crippen LogP contribution in [-0.2, 0) is 19.2 Å². The molecule has 0 amide bonds. The van der Waals surface area contributed by atoms with E-state index in [1.54, 1.807) is 0 Å². The quantitative estimate of drug-likeness (QED) is 0.320. The van der Waals surface area contributed by atoms with Gasteiger partial charge in [0.2, 0.25) is 0 Å². The maximum absolute atomic E-state index is 8.93. The van der Waals surface area contributed by atoms with Crippen LogP contribution in [-0.4, -0.2) is 62.4 Å². The van der Waals surface area contributed by atoms with Crippen molar-refractivity contribution in [2.24, 2.45) is 0 Å². The normalized spacial score (nSPS) is 11.2. The lowest BCUT2D eigenvalue weighted by Gasteiger charge is -2.16. The molecule has 0 aliphatic heterocycles. The number of aliphatic carboxylic acids is 4. The molecule has 0 bridgehead atoms. The molecule has 0 spiro atoms. The van der Waals surface area contributed by atoms with Gasteiger partial charge in [0.05, 0.1) is 23.9 Å². The lowest BCUT2D eigenvalue weighted by atomic mass is 9.90. The highest BCUT2D eigenvalue weighted by molar-refractivity contribution is 6.25. The summed E-state index contributed by atoms with van der Waals surface area (Å²) in [7, 11) is 8.27. The summed E-state index contributed by atoms with van der Waals surface area (Å²) in [6.45, 7) is 0. The Morgan fingerprint density at radius 1 is 0.622 bits per heavy atom. The van der Waals surface area contributed by atoms with E-state index in [0.717, 1.165) is 0 Å². The number of carboxylic acid groups (broad SMARTS) is 4. The third-order valence-electron chi connectivity index (χ3n) is 4.74. The van der Waals surface area contributed by atoms with Crippen molar-refractivity contribution < 1.29 is 44.2 Å². The number of anilines is 1. The third kappa shape index (κ3) is 10.0. The van der Waals surface area contributed by atoms with Gasteiger partial charge in [-0.25, -0.2) is 4.58 Å². The van der Waals surface area contributed by atoms with Crippen molar-refractivity contribution in [1.82, 2.24) is 0 Å². The van der Waals surface area contributed by atoms with Crippen molar-refractivity contribution in [3.8, 4) is 0 Å². The fourth-order valence-corrected chi connectivity index (χ4v) is 2.96. The molecule has 0 aromatic heterocycles. The van der Waals surface area contributed by atoms with Crippen molar-refractivity contribution in [2.45, 2.75) is 0 Å². The molecule has 3 rings (SSSR count). The number of allylic oxidation sites excluding steroid dienone is 5. The predicted molar refractivity (Wildman–Crippen MR) is 129 cm³/mol. The fraction of sp³-hybridized carbons (Fsp3) is 0.148. The van der Waals surface area contributed by atoms with E-state index in [0.29, 0.717) is 0 Å². The molecule has 194 valence electrons. The number of carbonyl (C=O) groups is 4. The molecular formula is C27H25N2O8-3. The Kier molecular flexibility index (Phi) is 11.7. The number of carboxylic acids is 4. The predicted octanol–water partition coefficient (Wildman–Crippen LogP) is -2.63. The smallest absolute Gasteiger partial charge is 0.199 e. The summed E-state index contributed by atoms with van der Waals surface area (Å²) < 4.78 is 2.12. The summed E-state index contributed by atoms with van der Waals surface area (Å²) in [6, 6.07) is 19.4. The van der Waals surface area contributed by atoms with Crippen LogP contribution in [0.1, 0.15) is 11.1 Å². The molecule has 0 fully saturated rings. The maximum Gasteiger partial charge on any atom is 0.199 e. The van der Waals surface area contributed by atoms with Crippen LogP contribution < -0.4 is 25.3 Å². The molecule has 2 aromatic rings. The highest BCUT2D eigenvalue weighted by Crippen LogP contribution is 2.30. The minimum atomic E-state index is -2.19. The van der Waals surface area contributed by atoms with Gasteiger partial charge in [0, 0.05) is 31.9 Å². The number of rotatable bonds is 3. The van der Waals surface area contributed by atoms with E-state index in [1.165, 1.54) is 33.7 Å². The van der Waals surface area contributed by atoms with Gasteiger partial charge in [0.15, 0.2) is 5.71 Å². The van der Waals surface area contributed by atoms with Gasteiger partial charge in [0.1, 0.15) is 14.1 Å². The van der Waals surface area contributed by atoms with Crippen LogP contribution in [0, 0.1) is 0 Å². The molecule has 0 atom stereocenters. The van der Waals surface area contributed by atoms with Gasteiger partial charge in [0.25, 0.3) is 0 Å². The minimum Gasteiger partial charge on any atom is -0.543 e. The van der Waals surface area contributed by atoms with E-state index < -0.39 is 23.9 Å². The van der Waals surface area contributed by atoms with Gasteiger partial charge in [-0.3, -0.25) is 0 Å². The van der Waals surface area contributed by atoms with Crippen LogP contribution in [0.5, 0.6) is 0 Å². The average Bonchev–Trinajstić information content (AvgIpc) is 2.86. The summed E-state index contributed by atoms with van der Waals surface area (Å²) in [6.07, 6.45) is 8.76. The molecule has 0 N–H and O–H groups in total. The maximum atomic E-state index is 8.93. The Labute approximate surface area is 214 Å². The fourth-order valence-electron chi connectivity index (χ4n) is 2.96. The Balaban J connectivity index is 0.000000476. The SMILES string of the molecule is CN(C)c1ccc(C(=C2C=CC(=[N+](C)C)C=C2)c2ccccc2)cc1.O=C([O-])C(=O)[O-].O=C([O-])C(=O)[O-]. The minimum absolute atomic E-state index is 1.21. The zero-order valence-electron chi connectivity index (χ0n) is 20.7. The summed E-state index contributed by atoms with van der Waals surface area (Å²) in [5, 5.41) is 35.7. The summed E-state index contributed by atoms with van der Waals surface area (Å²) in [5.74, 6) is -8.74. The summed E-state index contributed by atoms with van der Waals surface area (Å²) >= 11 is 0. The van der Waals surface area contributed by atoms with E-state index in [4.69, 9.17) is 39.6 Å². The largest absolute Gasteiger partial charge is 0.543 e. The number of hydrogen-bond acceptors (Lipinski definition) is 9. The topological polar surface area (TPSA) is 167 Å². The Hall–Kier alpha value is -4.99. The number of hydrogen-bond donors (Lipinski definition) is 0. The molecule has 37 heavy (non-hydrogen) atoms. The van der Waals surface area contributed by atoms with Gasteiger partial charge in [-0.2, -0.15) is 0 Å². The average molecular weight is 506 g/mol. The van der Waals surface area contributed by atoms with Crippen LogP contribution in [0.3, 0.4) is 0 Å². The summed E-state index contributed by atoms with van der Waals surface area (Å²) in [4.78, 5) is 37.8. The third-order valence-corrected chi connectivity index (χ3v) is 4.74.